The smallest absolute Gasteiger partial charge is 0.768 e. The van der Waals surface area contributed by atoms with Gasteiger partial charge in [0.05, 0.1) is 11.1 Å². The van der Waals surface area contributed by atoms with Crippen LogP contribution in [0.3, 0.4) is 0 Å². The molecular formula is C9H6FN2NaO2S. The zero-order valence-electron chi connectivity index (χ0n) is 8.46. The van der Waals surface area contributed by atoms with Gasteiger partial charge in [-0.2, -0.15) is 5.10 Å². The molecule has 78 valence electrons. The average Bonchev–Trinajstić information content (AvgIpc) is 2.67. The summed E-state index contributed by atoms with van der Waals surface area (Å²) in [5.74, 6) is -0.455. The predicted molar refractivity (Wildman–Crippen MR) is 50.7 cm³/mol. The third-order valence-electron chi connectivity index (χ3n) is 1.85. The van der Waals surface area contributed by atoms with Crippen LogP contribution >= 0.6 is 0 Å². The molecule has 0 spiro atoms. The molecule has 2 rings (SSSR count). The molecule has 1 aromatic carbocycles. The molecule has 16 heavy (non-hydrogen) atoms. The number of aromatic nitrogens is 2. The van der Waals surface area contributed by atoms with Crippen molar-refractivity contribution in [2.75, 3.05) is 0 Å². The largest absolute Gasteiger partial charge is 1.00 e. The summed E-state index contributed by atoms with van der Waals surface area (Å²) in [6.45, 7) is 0. The van der Waals surface area contributed by atoms with Gasteiger partial charge in [0.15, 0.2) is 0 Å². The van der Waals surface area contributed by atoms with Crippen LogP contribution in [0.25, 0.3) is 5.69 Å². The van der Waals surface area contributed by atoms with E-state index in [9.17, 15) is 13.2 Å². The Hall–Kier alpha value is -0.530. The van der Waals surface area contributed by atoms with Gasteiger partial charge in [-0.1, -0.05) is 12.1 Å². The SMILES string of the molecule is O=S([O-])c1cnn(-c2ccccc2F)c1.[Na+]. The van der Waals surface area contributed by atoms with Crippen molar-refractivity contribution in [1.82, 2.24) is 9.78 Å². The van der Waals surface area contributed by atoms with Crippen molar-refractivity contribution in [3.8, 4) is 5.69 Å². The first-order valence-corrected chi connectivity index (χ1v) is 5.15. The molecule has 2 aromatic rings. The third kappa shape index (κ3) is 2.78. The Balaban J connectivity index is 0.00000128. The molecule has 0 saturated carbocycles. The van der Waals surface area contributed by atoms with Crippen LogP contribution in [0, 0.1) is 5.82 Å². The number of para-hydroxylation sites is 1. The summed E-state index contributed by atoms with van der Waals surface area (Å²) < 4.78 is 35.6. The quantitative estimate of drug-likeness (QED) is 0.468. The van der Waals surface area contributed by atoms with Gasteiger partial charge in [0.25, 0.3) is 0 Å². The van der Waals surface area contributed by atoms with Crippen LogP contribution in [0.4, 0.5) is 4.39 Å². The Bertz CT molecular complexity index is 518. The van der Waals surface area contributed by atoms with Crippen molar-refractivity contribution < 1.29 is 42.7 Å². The summed E-state index contributed by atoms with van der Waals surface area (Å²) in [4.78, 5) is 0.0262. The summed E-state index contributed by atoms with van der Waals surface area (Å²) in [5.41, 5.74) is 0.217. The van der Waals surface area contributed by atoms with E-state index in [1.807, 2.05) is 0 Å². The number of hydrogen-bond donors (Lipinski definition) is 0. The summed E-state index contributed by atoms with van der Waals surface area (Å²) in [6, 6.07) is 5.99. The van der Waals surface area contributed by atoms with Gasteiger partial charge in [-0.05, 0) is 23.2 Å². The molecule has 0 saturated heterocycles. The van der Waals surface area contributed by atoms with Crippen molar-refractivity contribution in [1.29, 1.82) is 0 Å². The normalized spacial score (nSPS) is 11.9. The number of halogens is 1. The first-order chi connectivity index (χ1) is 7.18. The standard InChI is InChI=1S/C9H7FN2O2S.Na/c10-8-3-1-2-4-9(8)12-6-7(5-11-12)15(13)14;/h1-6H,(H,13,14);/q;+1/p-1. The van der Waals surface area contributed by atoms with E-state index in [2.05, 4.69) is 5.10 Å². The van der Waals surface area contributed by atoms with Crippen molar-refractivity contribution in [2.45, 2.75) is 4.90 Å². The first-order valence-electron chi connectivity index (χ1n) is 4.07. The molecule has 0 aliphatic rings. The van der Waals surface area contributed by atoms with Gasteiger partial charge in [0.1, 0.15) is 11.5 Å². The molecule has 4 nitrogen and oxygen atoms in total. The predicted octanol–water partition coefficient (Wildman–Crippen LogP) is -1.75. The first kappa shape index (κ1) is 13.5. The molecule has 0 N–H and O–H groups in total. The van der Waals surface area contributed by atoms with Gasteiger partial charge < -0.3 is 4.55 Å². The molecule has 1 aromatic heterocycles. The van der Waals surface area contributed by atoms with Crippen molar-refractivity contribution in [3.05, 3.63) is 42.5 Å². The molecule has 0 aliphatic heterocycles. The fourth-order valence-electron chi connectivity index (χ4n) is 1.16. The Kier molecular flexibility index (Phi) is 4.82. The molecule has 0 radical (unpaired) electrons. The van der Waals surface area contributed by atoms with Gasteiger partial charge >= 0.3 is 29.6 Å². The van der Waals surface area contributed by atoms with Crippen molar-refractivity contribution >= 4 is 11.1 Å². The van der Waals surface area contributed by atoms with E-state index < -0.39 is 16.9 Å². The number of nitrogens with zero attached hydrogens (tertiary/aromatic N) is 2. The summed E-state index contributed by atoms with van der Waals surface area (Å²) in [7, 11) is 0. The second-order valence-electron chi connectivity index (χ2n) is 2.81. The summed E-state index contributed by atoms with van der Waals surface area (Å²) in [6.07, 6.45) is 2.41. The number of hydrogen-bond acceptors (Lipinski definition) is 3. The van der Waals surface area contributed by atoms with E-state index in [4.69, 9.17) is 0 Å². The van der Waals surface area contributed by atoms with Crippen molar-refractivity contribution in [3.63, 3.8) is 0 Å². The number of rotatable bonds is 2. The van der Waals surface area contributed by atoms with Gasteiger partial charge in [-0.25, -0.2) is 9.07 Å². The summed E-state index contributed by atoms with van der Waals surface area (Å²) >= 11 is -2.34. The Morgan fingerprint density at radius 1 is 1.38 bits per heavy atom. The Morgan fingerprint density at radius 2 is 2.06 bits per heavy atom. The van der Waals surface area contributed by atoms with Gasteiger partial charge in [0, 0.05) is 6.20 Å². The molecule has 1 atom stereocenters. The zero-order chi connectivity index (χ0) is 10.8. The van der Waals surface area contributed by atoms with Gasteiger partial charge in [-0.15, -0.1) is 0 Å². The third-order valence-corrected chi connectivity index (χ3v) is 2.45. The molecular weight excluding hydrogens is 242 g/mol. The van der Waals surface area contributed by atoms with Crippen LogP contribution < -0.4 is 29.6 Å². The molecule has 7 heteroatoms. The average molecular weight is 248 g/mol. The molecule has 0 bridgehead atoms. The van der Waals surface area contributed by atoms with Crippen LogP contribution in [-0.2, 0) is 11.1 Å². The van der Waals surface area contributed by atoms with E-state index >= 15 is 0 Å². The minimum Gasteiger partial charge on any atom is -0.768 e. The maximum absolute atomic E-state index is 13.3. The van der Waals surface area contributed by atoms with Crippen LogP contribution in [0.5, 0.6) is 0 Å². The molecule has 0 aliphatic carbocycles. The van der Waals surface area contributed by atoms with Crippen molar-refractivity contribution in [2.24, 2.45) is 0 Å². The van der Waals surface area contributed by atoms with E-state index in [1.165, 1.54) is 23.0 Å². The molecule has 1 unspecified atom stereocenters. The van der Waals surface area contributed by atoms with Crippen LogP contribution in [-0.4, -0.2) is 18.5 Å². The monoisotopic (exact) mass is 248 g/mol. The molecule has 1 heterocycles. The Labute approximate surface area is 116 Å². The molecule has 0 fully saturated rings. The van der Waals surface area contributed by atoms with Crippen LogP contribution in [0.1, 0.15) is 0 Å². The minimum absolute atomic E-state index is 0. The van der Waals surface area contributed by atoms with Gasteiger partial charge in [0.2, 0.25) is 0 Å². The van der Waals surface area contributed by atoms with E-state index in [-0.39, 0.29) is 40.1 Å². The Morgan fingerprint density at radius 3 is 2.62 bits per heavy atom. The van der Waals surface area contributed by atoms with E-state index in [1.54, 1.807) is 12.1 Å². The van der Waals surface area contributed by atoms with Gasteiger partial charge in [-0.3, -0.25) is 4.21 Å². The summed E-state index contributed by atoms with van der Waals surface area (Å²) in [5, 5.41) is 3.75. The van der Waals surface area contributed by atoms with E-state index in [0.29, 0.717) is 0 Å². The fourth-order valence-corrected chi connectivity index (χ4v) is 1.48. The molecule has 0 amide bonds. The fraction of sp³-hybridized carbons (Fsp3) is 0. The zero-order valence-corrected chi connectivity index (χ0v) is 11.3. The second kappa shape index (κ2) is 5.70. The second-order valence-corrected chi connectivity index (χ2v) is 3.75. The minimum atomic E-state index is -2.34. The maximum Gasteiger partial charge on any atom is 1.00 e. The topological polar surface area (TPSA) is 57.9 Å². The van der Waals surface area contributed by atoms with E-state index in [0.717, 1.165) is 6.20 Å². The maximum atomic E-state index is 13.3. The van der Waals surface area contributed by atoms with Crippen LogP contribution in [0.2, 0.25) is 0 Å². The van der Waals surface area contributed by atoms with Crippen LogP contribution in [0.15, 0.2) is 41.6 Å². The number of benzene rings is 1.